The van der Waals surface area contributed by atoms with E-state index in [1.165, 1.54) is 5.57 Å². The summed E-state index contributed by atoms with van der Waals surface area (Å²) in [6, 6.07) is 0. The topological polar surface area (TPSA) is 3.01 Å². The van der Waals surface area contributed by atoms with Gasteiger partial charge in [0.25, 0.3) is 0 Å². The molecule has 0 unspecified atom stereocenters. The Morgan fingerprint density at radius 3 is 2.57 bits per heavy atom. The van der Waals surface area contributed by atoms with Crippen LogP contribution in [0.2, 0.25) is 0 Å². The predicted molar refractivity (Wildman–Crippen MR) is 64.8 cm³/mol. The standard InChI is InChI=1S/C13H20N/c1-5-8-9-11-14(7-3)12-10-13(4)6-2/h5-6,8-12H,2,7H2,1,3-4H3/q+1/b8-5-,11-9+,13-10+,14-12-. The third-order valence-electron chi connectivity index (χ3n) is 1.80. The minimum atomic E-state index is 0.967. The van der Waals surface area contributed by atoms with Crippen molar-refractivity contribution in [2.24, 2.45) is 0 Å². The highest BCUT2D eigenvalue weighted by Gasteiger charge is 1.90. The molecule has 0 saturated carbocycles. The van der Waals surface area contributed by atoms with Crippen LogP contribution in [0.3, 0.4) is 0 Å². The number of hydrogen-bond donors (Lipinski definition) is 0. The summed E-state index contributed by atoms with van der Waals surface area (Å²) >= 11 is 0. The highest BCUT2D eigenvalue weighted by molar-refractivity contribution is 5.68. The van der Waals surface area contributed by atoms with E-state index in [9.17, 15) is 0 Å². The second-order valence-corrected chi connectivity index (χ2v) is 2.96. The Labute approximate surface area is 87.5 Å². The van der Waals surface area contributed by atoms with Gasteiger partial charge in [-0.3, -0.25) is 0 Å². The molecule has 0 bridgehead atoms. The average molecular weight is 190 g/mol. The molecule has 0 aromatic carbocycles. The van der Waals surface area contributed by atoms with Crippen molar-refractivity contribution in [1.29, 1.82) is 0 Å². The summed E-state index contributed by atoms with van der Waals surface area (Å²) in [5.41, 5.74) is 1.17. The van der Waals surface area contributed by atoms with E-state index in [2.05, 4.69) is 30.4 Å². The second kappa shape index (κ2) is 8.24. The summed E-state index contributed by atoms with van der Waals surface area (Å²) in [6.45, 7) is 10.8. The van der Waals surface area contributed by atoms with E-state index >= 15 is 0 Å². The molecule has 0 N–H and O–H groups in total. The number of hydrogen-bond acceptors (Lipinski definition) is 0. The van der Waals surface area contributed by atoms with Crippen molar-refractivity contribution in [3.05, 3.63) is 48.7 Å². The van der Waals surface area contributed by atoms with E-state index in [1.54, 1.807) is 0 Å². The maximum Gasteiger partial charge on any atom is 0.169 e. The lowest BCUT2D eigenvalue weighted by Gasteiger charge is -1.89. The third-order valence-corrected chi connectivity index (χ3v) is 1.80. The fourth-order valence-corrected chi connectivity index (χ4v) is 0.813. The third kappa shape index (κ3) is 6.18. The molecule has 0 rings (SSSR count). The van der Waals surface area contributed by atoms with Crippen LogP contribution in [-0.2, 0) is 0 Å². The maximum atomic E-state index is 3.70. The molecule has 0 aliphatic heterocycles. The van der Waals surface area contributed by atoms with Crippen molar-refractivity contribution in [1.82, 2.24) is 0 Å². The molecule has 0 aromatic rings. The summed E-state index contributed by atoms with van der Waals surface area (Å²) in [6.07, 6.45) is 14.0. The van der Waals surface area contributed by atoms with Crippen LogP contribution in [0.5, 0.6) is 0 Å². The van der Waals surface area contributed by atoms with Crippen LogP contribution in [0.15, 0.2) is 48.7 Å². The first kappa shape index (κ1) is 12.6. The van der Waals surface area contributed by atoms with Crippen molar-refractivity contribution in [2.75, 3.05) is 6.54 Å². The predicted octanol–water partition coefficient (Wildman–Crippen LogP) is 3.31. The van der Waals surface area contributed by atoms with Crippen molar-refractivity contribution in [2.45, 2.75) is 20.8 Å². The molecule has 0 aliphatic carbocycles. The molecule has 0 aliphatic rings. The first-order chi connectivity index (χ1) is 6.74. The minimum Gasteiger partial charge on any atom is -0.205 e. The van der Waals surface area contributed by atoms with Gasteiger partial charge in [-0.25, -0.2) is 4.58 Å². The fraction of sp³-hybridized carbons (Fsp3) is 0.308. The lowest BCUT2D eigenvalue weighted by atomic mass is 10.3. The molecular weight excluding hydrogens is 170 g/mol. The normalized spacial score (nSPS) is 14.2. The number of nitrogens with zero attached hydrogens (tertiary/aromatic N) is 1. The fourth-order valence-electron chi connectivity index (χ4n) is 0.813. The molecule has 0 fully saturated rings. The quantitative estimate of drug-likeness (QED) is 0.355. The Balaban J connectivity index is 4.47. The molecule has 0 saturated heterocycles. The van der Waals surface area contributed by atoms with Crippen molar-refractivity contribution < 1.29 is 4.58 Å². The Bertz CT molecular complexity index is 278. The Kier molecular flexibility index (Phi) is 7.43. The van der Waals surface area contributed by atoms with Gasteiger partial charge in [-0.1, -0.05) is 24.8 Å². The van der Waals surface area contributed by atoms with Gasteiger partial charge in [0.15, 0.2) is 12.4 Å². The summed E-state index contributed by atoms with van der Waals surface area (Å²) in [4.78, 5) is 0. The van der Waals surface area contributed by atoms with Gasteiger partial charge in [-0.2, -0.15) is 0 Å². The van der Waals surface area contributed by atoms with Gasteiger partial charge in [0.1, 0.15) is 6.54 Å². The summed E-state index contributed by atoms with van der Waals surface area (Å²) < 4.78 is 2.12. The smallest absolute Gasteiger partial charge is 0.169 e. The number of allylic oxidation sites excluding steroid dienone is 6. The summed E-state index contributed by atoms with van der Waals surface area (Å²) in [5, 5.41) is 0. The Morgan fingerprint density at radius 2 is 2.07 bits per heavy atom. The second-order valence-electron chi connectivity index (χ2n) is 2.96. The largest absolute Gasteiger partial charge is 0.205 e. The van der Waals surface area contributed by atoms with Gasteiger partial charge in [-0.15, -0.1) is 0 Å². The summed E-state index contributed by atoms with van der Waals surface area (Å²) in [7, 11) is 0. The van der Waals surface area contributed by atoms with Crippen molar-refractivity contribution in [3.8, 4) is 0 Å². The maximum absolute atomic E-state index is 3.70. The molecule has 0 amide bonds. The molecule has 1 nitrogen and oxygen atoms in total. The Hall–Kier alpha value is -1.37. The molecule has 0 heterocycles. The van der Waals surface area contributed by atoms with Gasteiger partial charge >= 0.3 is 0 Å². The zero-order valence-corrected chi connectivity index (χ0v) is 9.40. The van der Waals surface area contributed by atoms with E-state index in [0.29, 0.717) is 0 Å². The first-order valence-corrected chi connectivity index (χ1v) is 4.94. The van der Waals surface area contributed by atoms with Crippen LogP contribution >= 0.6 is 0 Å². The van der Waals surface area contributed by atoms with Crippen molar-refractivity contribution in [3.63, 3.8) is 0 Å². The Morgan fingerprint density at radius 1 is 1.36 bits per heavy atom. The van der Waals surface area contributed by atoms with E-state index in [4.69, 9.17) is 0 Å². The molecule has 14 heavy (non-hydrogen) atoms. The lowest BCUT2D eigenvalue weighted by molar-refractivity contribution is -0.446. The molecule has 0 radical (unpaired) electrons. The summed E-state index contributed by atoms with van der Waals surface area (Å²) in [5.74, 6) is 0. The number of rotatable bonds is 5. The SMILES string of the molecule is C=C/C(C)=C/C=[N+](\C=C\C=C/C)CC. The van der Waals surface area contributed by atoms with Gasteiger partial charge < -0.3 is 0 Å². The zero-order chi connectivity index (χ0) is 10.8. The highest BCUT2D eigenvalue weighted by atomic mass is 15.0. The van der Waals surface area contributed by atoms with Gasteiger partial charge in [0.2, 0.25) is 0 Å². The van der Waals surface area contributed by atoms with Crippen LogP contribution < -0.4 is 0 Å². The molecule has 0 aromatic heterocycles. The zero-order valence-electron chi connectivity index (χ0n) is 9.40. The minimum absolute atomic E-state index is 0.967. The van der Waals surface area contributed by atoms with Crippen LogP contribution in [-0.4, -0.2) is 17.3 Å². The van der Waals surface area contributed by atoms with E-state index in [-0.39, 0.29) is 0 Å². The molecule has 0 spiro atoms. The van der Waals surface area contributed by atoms with Crippen molar-refractivity contribution >= 4 is 6.21 Å². The molecule has 0 atom stereocenters. The monoisotopic (exact) mass is 190 g/mol. The van der Waals surface area contributed by atoms with Crippen LogP contribution in [0.1, 0.15) is 20.8 Å². The lowest BCUT2D eigenvalue weighted by Crippen LogP contribution is -2.03. The van der Waals surface area contributed by atoms with Gasteiger partial charge in [-0.05, 0) is 26.3 Å². The van der Waals surface area contributed by atoms with Crippen LogP contribution in [0, 0.1) is 0 Å². The first-order valence-electron chi connectivity index (χ1n) is 4.94. The molecule has 1 heteroatoms. The average Bonchev–Trinajstić information content (AvgIpc) is 2.22. The van der Waals surface area contributed by atoms with E-state index in [1.807, 2.05) is 44.4 Å². The van der Waals surface area contributed by atoms with Gasteiger partial charge in [0.05, 0.1) is 0 Å². The molecule has 76 valence electrons. The van der Waals surface area contributed by atoms with Crippen LogP contribution in [0.4, 0.5) is 0 Å². The van der Waals surface area contributed by atoms with Crippen LogP contribution in [0.25, 0.3) is 0 Å². The van der Waals surface area contributed by atoms with E-state index in [0.717, 1.165) is 6.54 Å². The highest BCUT2D eigenvalue weighted by Crippen LogP contribution is 1.90. The van der Waals surface area contributed by atoms with Gasteiger partial charge in [0, 0.05) is 12.2 Å². The van der Waals surface area contributed by atoms with E-state index < -0.39 is 0 Å². The molecular formula is C13H20N+.